The van der Waals surface area contributed by atoms with Gasteiger partial charge in [-0.3, -0.25) is 9.69 Å². The molecule has 4 heteroatoms. The van der Waals surface area contributed by atoms with E-state index >= 15 is 0 Å². The largest absolute Gasteiger partial charge is 0.469 e. The van der Waals surface area contributed by atoms with Crippen molar-refractivity contribution < 1.29 is 14.6 Å². The van der Waals surface area contributed by atoms with Gasteiger partial charge in [-0.1, -0.05) is 6.92 Å². The van der Waals surface area contributed by atoms with E-state index in [4.69, 9.17) is 5.11 Å². The molecule has 1 aliphatic heterocycles. The van der Waals surface area contributed by atoms with Crippen molar-refractivity contribution in [3.63, 3.8) is 0 Å². The topological polar surface area (TPSA) is 49.8 Å². The summed E-state index contributed by atoms with van der Waals surface area (Å²) in [5, 5.41) is 9.10. The van der Waals surface area contributed by atoms with Crippen LogP contribution >= 0.6 is 0 Å². The van der Waals surface area contributed by atoms with E-state index in [1.54, 1.807) is 0 Å². The summed E-state index contributed by atoms with van der Waals surface area (Å²) in [4.78, 5) is 13.1. The summed E-state index contributed by atoms with van der Waals surface area (Å²) >= 11 is 0. The van der Waals surface area contributed by atoms with Gasteiger partial charge in [-0.05, 0) is 6.42 Å². The molecule has 76 valence electrons. The van der Waals surface area contributed by atoms with E-state index in [0.29, 0.717) is 19.5 Å². The Kier molecular flexibility index (Phi) is 3.69. The first-order chi connectivity index (χ1) is 6.17. The van der Waals surface area contributed by atoms with Crippen molar-refractivity contribution in [3.8, 4) is 0 Å². The summed E-state index contributed by atoms with van der Waals surface area (Å²) in [7, 11) is 1.40. The van der Waals surface area contributed by atoms with Crippen molar-refractivity contribution in [2.45, 2.75) is 31.9 Å². The van der Waals surface area contributed by atoms with Crippen LogP contribution in [0.1, 0.15) is 19.8 Å². The lowest BCUT2D eigenvalue weighted by molar-refractivity contribution is -0.143. The maximum atomic E-state index is 11.0. The van der Waals surface area contributed by atoms with Gasteiger partial charge >= 0.3 is 5.97 Å². The molecule has 1 unspecified atom stereocenters. The molecule has 1 heterocycles. The normalized spacial score (nSPS) is 20.8. The Bertz CT molecular complexity index is 178. The molecule has 0 aromatic heterocycles. The minimum absolute atomic E-state index is 0.173. The fourth-order valence-corrected chi connectivity index (χ4v) is 1.59. The molecule has 0 radical (unpaired) electrons. The first-order valence-electron chi connectivity index (χ1n) is 4.66. The van der Waals surface area contributed by atoms with Crippen molar-refractivity contribution in [2.24, 2.45) is 0 Å². The van der Waals surface area contributed by atoms with Gasteiger partial charge in [0.15, 0.2) is 0 Å². The molecule has 0 saturated carbocycles. The smallest absolute Gasteiger partial charge is 0.307 e. The zero-order valence-electron chi connectivity index (χ0n) is 8.19. The maximum Gasteiger partial charge on any atom is 0.307 e. The van der Waals surface area contributed by atoms with Gasteiger partial charge in [0, 0.05) is 19.1 Å². The van der Waals surface area contributed by atoms with E-state index in [2.05, 4.69) is 9.64 Å². The molecule has 1 fully saturated rings. The fraction of sp³-hybridized carbons (Fsp3) is 0.889. The van der Waals surface area contributed by atoms with E-state index in [0.717, 1.165) is 6.42 Å². The average Bonchev–Trinajstić information content (AvgIpc) is 2.09. The lowest BCUT2D eigenvalue weighted by atomic mass is 10.0. The number of nitrogens with zero attached hydrogens (tertiary/aromatic N) is 1. The highest BCUT2D eigenvalue weighted by Crippen LogP contribution is 2.17. The SMILES string of the molecule is CCC(CC(=O)OC)N1CC(O)C1. The minimum atomic E-state index is -0.202. The minimum Gasteiger partial charge on any atom is -0.469 e. The summed E-state index contributed by atoms with van der Waals surface area (Å²) in [5.41, 5.74) is 0. The zero-order chi connectivity index (χ0) is 9.84. The van der Waals surface area contributed by atoms with Gasteiger partial charge in [0.25, 0.3) is 0 Å². The van der Waals surface area contributed by atoms with Crippen LogP contribution in [0.25, 0.3) is 0 Å². The Labute approximate surface area is 78.5 Å². The highest BCUT2D eigenvalue weighted by molar-refractivity contribution is 5.69. The Hall–Kier alpha value is -0.610. The molecule has 1 atom stereocenters. The molecule has 0 amide bonds. The molecule has 0 aromatic rings. The van der Waals surface area contributed by atoms with Crippen LogP contribution in [0.5, 0.6) is 0 Å². The summed E-state index contributed by atoms with van der Waals surface area (Å²) in [6, 6.07) is 0.232. The van der Waals surface area contributed by atoms with Gasteiger partial charge in [-0.25, -0.2) is 0 Å². The van der Waals surface area contributed by atoms with E-state index in [1.165, 1.54) is 7.11 Å². The second kappa shape index (κ2) is 4.58. The van der Waals surface area contributed by atoms with Gasteiger partial charge in [0.05, 0.1) is 19.6 Å². The van der Waals surface area contributed by atoms with Crippen LogP contribution in [-0.4, -0.2) is 48.3 Å². The van der Waals surface area contributed by atoms with Gasteiger partial charge in [-0.15, -0.1) is 0 Å². The summed E-state index contributed by atoms with van der Waals surface area (Å²) in [5.74, 6) is -0.173. The number of hydrogen-bond acceptors (Lipinski definition) is 4. The van der Waals surface area contributed by atoms with Crippen molar-refractivity contribution >= 4 is 5.97 Å². The highest BCUT2D eigenvalue weighted by atomic mass is 16.5. The van der Waals surface area contributed by atoms with Crippen LogP contribution in [0.2, 0.25) is 0 Å². The van der Waals surface area contributed by atoms with E-state index in [-0.39, 0.29) is 18.1 Å². The Morgan fingerprint density at radius 1 is 1.69 bits per heavy atom. The molecule has 0 aliphatic carbocycles. The average molecular weight is 187 g/mol. The number of hydrogen-bond donors (Lipinski definition) is 1. The lowest BCUT2D eigenvalue weighted by Gasteiger charge is -2.41. The number of carbonyl (C=O) groups excluding carboxylic acids is 1. The first kappa shape index (κ1) is 10.5. The number of aliphatic hydroxyl groups is 1. The predicted molar refractivity (Wildman–Crippen MR) is 48.3 cm³/mol. The molecule has 1 aliphatic rings. The molecule has 0 bridgehead atoms. The fourth-order valence-electron chi connectivity index (χ4n) is 1.59. The van der Waals surface area contributed by atoms with E-state index in [9.17, 15) is 4.79 Å². The number of likely N-dealkylation sites (tertiary alicyclic amines) is 1. The van der Waals surface area contributed by atoms with Crippen molar-refractivity contribution in [1.29, 1.82) is 0 Å². The van der Waals surface area contributed by atoms with Crippen LogP contribution in [0, 0.1) is 0 Å². The van der Waals surface area contributed by atoms with Crippen molar-refractivity contribution in [3.05, 3.63) is 0 Å². The predicted octanol–water partition coefficient (Wildman–Crippen LogP) is 0.00460. The summed E-state index contributed by atoms with van der Waals surface area (Å²) in [6.45, 7) is 3.42. The Morgan fingerprint density at radius 2 is 2.31 bits per heavy atom. The second-order valence-electron chi connectivity index (χ2n) is 3.45. The molecule has 0 spiro atoms. The second-order valence-corrected chi connectivity index (χ2v) is 3.45. The van der Waals surface area contributed by atoms with Gasteiger partial charge in [0.1, 0.15) is 0 Å². The molecule has 1 rings (SSSR count). The van der Waals surface area contributed by atoms with Crippen LogP contribution < -0.4 is 0 Å². The molecule has 4 nitrogen and oxygen atoms in total. The molecule has 0 aromatic carbocycles. The van der Waals surface area contributed by atoms with E-state index < -0.39 is 0 Å². The number of ether oxygens (including phenoxy) is 1. The van der Waals surface area contributed by atoms with Crippen LogP contribution in [0.3, 0.4) is 0 Å². The molecular formula is C9H17NO3. The number of aliphatic hydroxyl groups excluding tert-OH is 1. The monoisotopic (exact) mass is 187 g/mol. The maximum absolute atomic E-state index is 11.0. The van der Waals surface area contributed by atoms with Crippen LogP contribution in [0.15, 0.2) is 0 Å². The van der Waals surface area contributed by atoms with Crippen molar-refractivity contribution in [2.75, 3.05) is 20.2 Å². The first-order valence-corrected chi connectivity index (χ1v) is 4.66. The van der Waals surface area contributed by atoms with Crippen LogP contribution in [0.4, 0.5) is 0 Å². The molecule has 13 heavy (non-hydrogen) atoms. The highest BCUT2D eigenvalue weighted by Gasteiger charge is 2.31. The lowest BCUT2D eigenvalue weighted by Crippen LogP contribution is -2.55. The standard InChI is InChI=1S/C9H17NO3/c1-3-7(4-9(12)13-2)10-5-8(11)6-10/h7-8,11H,3-6H2,1-2H3. The number of rotatable bonds is 4. The van der Waals surface area contributed by atoms with Gasteiger partial charge in [0.2, 0.25) is 0 Å². The van der Waals surface area contributed by atoms with E-state index in [1.807, 2.05) is 6.92 Å². The number of esters is 1. The number of β-amino-alcohol motifs (C(OH)–C–C–N with tert-alkyl or cyclic N) is 1. The summed E-state index contributed by atoms with van der Waals surface area (Å²) < 4.78 is 4.60. The number of carbonyl (C=O) groups is 1. The third kappa shape index (κ3) is 2.67. The quantitative estimate of drug-likeness (QED) is 0.630. The van der Waals surface area contributed by atoms with Gasteiger partial charge < -0.3 is 9.84 Å². The Balaban J connectivity index is 2.31. The Morgan fingerprint density at radius 3 is 2.69 bits per heavy atom. The van der Waals surface area contributed by atoms with Gasteiger partial charge in [-0.2, -0.15) is 0 Å². The molecule has 1 N–H and O–H groups in total. The zero-order valence-corrected chi connectivity index (χ0v) is 8.19. The number of methoxy groups -OCH3 is 1. The third-order valence-corrected chi connectivity index (χ3v) is 2.51. The van der Waals surface area contributed by atoms with Crippen LogP contribution in [-0.2, 0) is 9.53 Å². The molecule has 1 saturated heterocycles. The third-order valence-electron chi connectivity index (χ3n) is 2.51. The summed E-state index contributed by atoms with van der Waals surface area (Å²) in [6.07, 6.45) is 1.15. The molecular weight excluding hydrogens is 170 g/mol. The van der Waals surface area contributed by atoms with Crippen molar-refractivity contribution in [1.82, 2.24) is 4.90 Å².